The van der Waals surface area contributed by atoms with E-state index in [-0.39, 0.29) is 36.6 Å². The van der Waals surface area contributed by atoms with Crippen LogP contribution in [0.25, 0.3) is 17.0 Å². The Morgan fingerprint density at radius 2 is 1.81 bits per heavy atom. The molecule has 15 heteroatoms. The van der Waals surface area contributed by atoms with Crippen LogP contribution in [0, 0.1) is 17.8 Å². The van der Waals surface area contributed by atoms with Gasteiger partial charge >= 0.3 is 12.1 Å². The van der Waals surface area contributed by atoms with Gasteiger partial charge in [-0.05, 0) is 88.8 Å². The second-order valence-corrected chi connectivity index (χ2v) is 16.9. The fourth-order valence-corrected chi connectivity index (χ4v) is 9.04. The third-order valence-electron chi connectivity index (χ3n) is 12.1. The summed E-state index contributed by atoms with van der Waals surface area (Å²) in [5, 5.41) is 6.73. The van der Waals surface area contributed by atoms with Gasteiger partial charge in [0.05, 0.1) is 24.9 Å². The number of rotatable bonds is 11. The lowest BCUT2D eigenvalue weighted by atomic mass is 10.0. The number of pyridine rings is 1. The molecule has 58 heavy (non-hydrogen) atoms. The normalized spacial score (nSPS) is 29.8. The number of amides is 3. The molecule has 3 aliphatic carbocycles. The highest BCUT2D eigenvalue weighted by Gasteiger charge is 2.62. The van der Waals surface area contributed by atoms with Gasteiger partial charge in [-0.3, -0.25) is 9.59 Å². The fraction of sp³-hybridized carbons (Fsp3) is 0.605. The maximum absolute atomic E-state index is 14.7. The van der Waals surface area contributed by atoms with Gasteiger partial charge in [0.2, 0.25) is 11.8 Å². The molecule has 5 aliphatic rings. The van der Waals surface area contributed by atoms with Crippen molar-refractivity contribution in [1.29, 1.82) is 0 Å². The molecule has 7 rings (SSSR count). The number of methoxy groups -OCH3 is 3. The van der Waals surface area contributed by atoms with Crippen molar-refractivity contribution in [2.24, 2.45) is 17.8 Å². The third kappa shape index (κ3) is 9.24. The lowest BCUT2D eigenvalue weighted by Crippen LogP contribution is -2.56. The van der Waals surface area contributed by atoms with Crippen LogP contribution in [0.2, 0.25) is 5.02 Å². The number of benzene rings is 1. The van der Waals surface area contributed by atoms with Gasteiger partial charge < -0.3 is 44.0 Å². The van der Waals surface area contributed by atoms with Gasteiger partial charge in [0.25, 0.3) is 0 Å². The van der Waals surface area contributed by atoms with Gasteiger partial charge in [-0.25, -0.2) is 14.6 Å². The molecule has 8 atom stereocenters. The number of ether oxygens (including phenoxy) is 6. The molecule has 3 amide bonds. The smallest absolute Gasteiger partial charge is 0.408 e. The highest BCUT2D eigenvalue weighted by molar-refractivity contribution is 6.36. The van der Waals surface area contributed by atoms with Gasteiger partial charge in [0.15, 0.2) is 6.29 Å². The minimum Gasteiger partial charge on any atom is -0.488 e. The first-order valence-electron chi connectivity index (χ1n) is 20.4. The van der Waals surface area contributed by atoms with Crippen LogP contribution in [0.1, 0.15) is 83.7 Å². The average Bonchev–Trinajstić information content (AvgIpc) is 3.99. The van der Waals surface area contributed by atoms with Crippen molar-refractivity contribution >= 4 is 52.5 Å². The minimum atomic E-state index is -1.23. The van der Waals surface area contributed by atoms with E-state index in [2.05, 4.69) is 10.6 Å². The van der Waals surface area contributed by atoms with E-state index in [9.17, 15) is 19.2 Å². The number of carbonyl (C=O) groups is 4. The molecule has 1 saturated heterocycles. The van der Waals surface area contributed by atoms with Crippen LogP contribution < -0.4 is 20.1 Å². The van der Waals surface area contributed by atoms with E-state index in [4.69, 9.17) is 45.0 Å². The first-order valence-corrected chi connectivity index (χ1v) is 20.8. The Morgan fingerprint density at radius 3 is 2.53 bits per heavy atom. The van der Waals surface area contributed by atoms with Crippen LogP contribution in [-0.2, 0) is 33.3 Å². The SMILES string of the molecule is COC(=O)[C@@]12C[C@H]1/C=C\CCCCC[C@H](NC(=O)OC1C[C@@H]3C[C@@H]3C1)C(=O)N1C[C@H](Oc3cc(C=C(C)C)nc4c(Cl)c(OCC(OC)OC)ccc34)C[C@H]1C(=O)N2. The maximum atomic E-state index is 14.7. The number of aromatic nitrogens is 1. The Morgan fingerprint density at radius 1 is 1.03 bits per heavy atom. The largest absolute Gasteiger partial charge is 0.488 e. The molecule has 14 nitrogen and oxygen atoms in total. The number of nitrogens with zero attached hydrogens (tertiary/aromatic N) is 2. The molecule has 2 N–H and O–H groups in total. The zero-order chi connectivity index (χ0) is 41.1. The molecule has 1 unspecified atom stereocenters. The van der Waals surface area contributed by atoms with E-state index in [0.717, 1.165) is 37.7 Å². The van der Waals surface area contributed by atoms with Gasteiger partial charge in [-0.2, -0.15) is 0 Å². The minimum absolute atomic E-state index is 0.0385. The lowest BCUT2D eigenvalue weighted by Gasteiger charge is -2.29. The first-order chi connectivity index (χ1) is 27.9. The highest BCUT2D eigenvalue weighted by atomic mass is 35.5. The number of esters is 1. The van der Waals surface area contributed by atoms with E-state index < -0.39 is 53.9 Å². The molecule has 4 fully saturated rings. The van der Waals surface area contributed by atoms with Crippen LogP contribution in [0.4, 0.5) is 4.79 Å². The van der Waals surface area contributed by atoms with Crippen molar-refractivity contribution in [1.82, 2.24) is 20.5 Å². The summed E-state index contributed by atoms with van der Waals surface area (Å²) in [6, 6.07) is 3.37. The van der Waals surface area contributed by atoms with Crippen molar-refractivity contribution in [2.75, 3.05) is 34.5 Å². The molecule has 1 aromatic heterocycles. The zero-order valence-electron chi connectivity index (χ0n) is 33.9. The average molecular weight is 823 g/mol. The Bertz CT molecular complexity index is 1940. The second kappa shape index (κ2) is 17.8. The van der Waals surface area contributed by atoms with E-state index in [0.29, 0.717) is 59.2 Å². The third-order valence-corrected chi connectivity index (χ3v) is 12.4. The number of carbonyl (C=O) groups excluding carboxylic acids is 4. The van der Waals surface area contributed by atoms with Crippen LogP contribution in [0.5, 0.6) is 11.5 Å². The number of halogens is 1. The van der Waals surface area contributed by atoms with Crippen molar-refractivity contribution < 1.29 is 47.6 Å². The number of fused-ring (bicyclic) bond motifs is 4. The maximum Gasteiger partial charge on any atom is 0.408 e. The van der Waals surface area contributed by atoms with E-state index in [1.807, 2.05) is 32.1 Å². The van der Waals surface area contributed by atoms with Crippen molar-refractivity contribution in [2.45, 2.75) is 114 Å². The second-order valence-electron chi connectivity index (χ2n) is 16.5. The predicted molar refractivity (Wildman–Crippen MR) is 215 cm³/mol. The van der Waals surface area contributed by atoms with Crippen LogP contribution >= 0.6 is 11.6 Å². The van der Waals surface area contributed by atoms with Gasteiger partial charge in [0, 0.05) is 38.0 Å². The predicted octanol–water partition coefficient (Wildman–Crippen LogP) is 6.12. The topological polar surface area (TPSA) is 164 Å². The standard InChI is InChI=1S/C43H55ClN4O10/c1-24(2)15-28-19-35(31-13-14-34(37(44)38(31)45-28)56-23-36(53-3)54-4)57-30-20-33-39(49)47-43(41(51)55-5)21-27(43)11-9-7-6-8-10-12-32(40(50)48(33)22-30)46-42(52)58-29-17-25-16-26(25)18-29/h9,11,13-15,19,25-27,29-30,32-33,36H,6-8,10,12,16-18,20-23H2,1-5H3,(H,46,52)(H,47,49)/b11-9-/t25-,26+,27-,29?,30-,32+,33+,43-/m1/s1. The summed E-state index contributed by atoms with van der Waals surface area (Å²) < 4.78 is 34.2. The Labute approximate surface area is 344 Å². The summed E-state index contributed by atoms with van der Waals surface area (Å²) in [6.45, 7) is 4.03. The molecule has 314 valence electrons. The monoisotopic (exact) mass is 822 g/mol. The highest BCUT2D eigenvalue weighted by Crippen LogP contribution is 2.52. The summed E-state index contributed by atoms with van der Waals surface area (Å²) in [4.78, 5) is 61.8. The van der Waals surface area contributed by atoms with E-state index >= 15 is 0 Å². The molecule has 0 radical (unpaired) electrons. The zero-order valence-corrected chi connectivity index (χ0v) is 34.7. The Balaban J connectivity index is 1.19. The number of alkyl carbamates (subject to hydrolysis) is 1. The van der Waals surface area contributed by atoms with Crippen LogP contribution in [-0.4, -0.2) is 104 Å². The molecule has 0 spiro atoms. The molecule has 3 heterocycles. The van der Waals surface area contributed by atoms with Gasteiger partial charge in [-0.1, -0.05) is 42.2 Å². The van der Waals surface area contributed by atoms with Gasteiger partial charge in [0.1, 0.15) is 53.0 Å². The van der Waals surface area contributed by atoms with Crippen molar-refractivity contribution in [3.8, 4) is 11.5 Å². The van der Waals surface area contributed by atoms with E-state index in [1.54, 1.807) is 18.2 Å². The van der Waals surface area contributed by atoms with Gasteiger partial charge in [-0.15, -0.1) is 0 Å². The molecule has 3 saturated carbocycles. The lowest BCUT2D eigenvalue weighted by molar-refractivity contribution is -0.148. The summed E-state index contributed by atoms with van der Waals surface area (Å²) >= 11 is 6.92. The summed E-state index contributed by atoms with van der Waals surface area (Å²) in [5.74, 6) is 0.395. The fourth-order valence-electron chi connectivity index (χ4n) is 8.77. The molecule has 2 aromatic rings. The van der Waals surface area contributed by atoms with Crippen LogP contribution in [0.15, 0.2) is 35.9 Å². The summed E-state index contributed by atoms with van der Waals surface area (Å²) in [7, 11) is 4.34. The quantitative estimate of drug-likeness (QED) is 0.153. The molecular formula is C43H55ClN4O10. The first kappa shape index (κ1) is 41.7. The summed E-state index contributed by atoms with van der Waals surface area (Å²) in [6.07, 6.45) is 10.8. The number of hydrogen-bond donors (Lipinski definition) is 2. The number of allylic oxidation sites excluding steroid dienone is 2. The molecular weight excluding hydrogens is 768 g/mol. The Hall–Kier alpha value is -4.40. The number of hydrogen-bond acceptors (Lipinski definition) is 11. The molecule has 1 aromatic carbocycles. The van der Waals surface area contributed by atoms with Crippen LogP contribution in [0.3, 0.4) is 0 Å². The van der Waals surface area contributed by atoms with E-state index in [1.165, 1.54) is 32.7 Å². The Kier molecular flexibility index (Phi) is 12.8. The summed E-state index contributed by atoms with van der Waals surface area (Å²) in [5.41, 5.74) is 0.786. The number of nitrogens with one attached hydrogen (secondary N) is 2. The molecule has 2 aliphatic heterocycles. The molecule has 0 bridgehead atoms. The van der Waals surface area contributed by atoms with Crippen molar-refractivity contribution in [3.63, 3.8) is 0 Å². The van der Waals surface area contributed by atoms with Crippen molar-refractivity contribution in [3.05, 3.63) is 46.6 Å².